The van der Waals surface area contributed by atoms with Crippen molar-refractivity contribution in [1.29, 1.82) is 0 Å². The zero-order valence-electron chi connectivity index (χ0n) is 12.2. The summed E-state index contributed by atoms with van der Waals surface area (Å²) in [4.78, 5) is 1.48. The molecule has 0 aliphatic heterocycles. The largest absolute Gasteiger partial charge is 0.316 e. The summed E-state index contributed by atoms with van der Waals surface area (Å²) in [5.74, 6) is 0. The van der Waals surface area contributed by atoms with Gasteiger partial charge in [0.15, 0.2) is 0 Å². The maximum absolute atomic E-state index is 12.3. The molecule has 6 heteroatoms. The van der Waals surface area contributed by atoms with Crippen molar-refractivity contribution in [2.24, 2.45) is 0 Å². The molecule has 21 heavy (non-hydrogen) atoms. The van der Waals surface area contributed by atoms with Crippen LogP contribution in [-0.2, 0) is 23.0 Å². The van der Waals surface area contributed by atoms with Gasteiger partial charge >= 0.3 is 0 Å². The Labute approximate surface area is 130 Å². The molecule has 1 atom stereocenters. The average Bonchev–Trinajstić information content (AvgIpc) is 2.92. The van der Waals surface area contributed by atoms with Crippen LogP contribution in [0.4, 0.5) is 0 Å². The smallest absolute Gasteiger partial charge is 0.240 e. The summed E-state index contributed by atoms with van der Waals surface area (Å²) in [5.41, 5.74) is 1.06. The van der Waals surface area contributed by atoms with Crippen LogP contribution in [0.1, 0.15) is 17.4 Å². The Bertz CT molecular complexity index is 649. The van der Waals surface area contributed by atoms with E-state index in [1.165, 1.54) is 4.88 Å². The predicted octanol–water partition coefficient (Wildman–Crippen LogP) is 2.38. The van der Waals surface area contributed by atoms with E-state index >= 15 is 0 Å². The number of benzene rings is 1. The highest BCUT2D eigenvalue weighted by Crippen LogP contribution is 2.14. The van der Waals surface area contributed by atoms with Crippen molar-refractivity contribution in [2.45, 2.75) is 30.8 Å². The molecular formula is C15H20N2O2S2. The fourth-order valence-corrected chi connectivity index (χ4v) is 4.17. The van der Waals surface area contributed by atoms with Gasteiger partial charge in [0.1, 0.15) is 0 Å². The Kier molecular flexibility index (Phi) is 5.52. The molecule has 4 nitrogen and oxygen atoms in total. The number of hydrogen-bond acceptors (Lipinski definition) is 4. The van der Waals surface area contributed by atoms with Gasteiger partial charge in [0.2, 0.25) is 10.0 Å². The van der Waals surface area contributed by atoms with Crippen molar-refractivity contribution >= 4 is 21.4 Å². The van der Waals surface area contributed by atoms with Gasteiger partial charge in [-0.2, -0.15) is 0 Å². The lowest BCUT2D eigenvalue weighted by Gasteiger charge is -2.13. The number of hydrogen-bond donors (Lipinski definition) is 2. The van der Waals surface area contributed by atoms with Crippen molar-refractivity contribution in [3.63, 3.8) is 0 Å². The Hall–Kier alpha value is -1.21. The highest BCUT2D eigenvalue weighted by molar-refractivity contribution is 7.89. The summed E-state index contributed by atoms with van der Waals surface area (Å²) in [7, 11) is -1.60. The number of rotatable bonds is 7. The molecule has 0 fully saturated rings. The number of sulfonamides is 1. The van der Waals surface area contributed by atoms with E-state index < -0.39 is 10.0 Å². The second-order valence-electron chi connectivity index (χ2n) is 4.98. The van der Waals surface area contributed by atoms with Gasteiger partial charge in [0.05, 0.1) is 4.90 Å². The highest BCUT2D eigenvalue weighted by Gasteiger charge is 2.17. The summed E-state index contributed by atoms with van der Waals surface area (Å²) < 4.78 is 27.4. The Morgan fingerprint density at radius 2 is 1.90 bits per heavy atom. The van der Waals surface area contributed by atoms with Crippen molar-refractivity contribution in [1.82, 2.24) is 10.0 Å². The van der Waals surface area contributed by atoms with Crippen molar-refractivity contribution in [3.8, 4) is 0 Å². The monoisotopic (exact) mass is 324 g/mol. The van der Waals surface area contributed by atoms with Crippen molar-refractivity contribution < 1.29 is 8.42 Å². The Balaban J connectivity index is 2.03. The van der Waals surface area contributed by atoms with E-state index in [0.717, 1.165) is 12.1 Å². The molecule has 0 aliphatic carbocycles. The fourth-order valence-electron chi connectivity index (χ4n) is 2.10. The first-order valence-electron chi connectivity index (χ1n) is 6.79. The van der Waals surface area contributed by atoms with Gasteiger partial charge in [-0.3, -0.25) is 0 Å². The molecule has 2 rings (SSSR count). The van der Waals surface area contributed by atoms with Crippen LogP contribution in [0.5, 0.6) is 0 Å². The fraction of sp³-hybridized carbons (Fsp3) is 0.333. The first-order valence-corrected chi connectivity index (χ1v) is 9.16. The van der Waals surface area contributed by atoms with Gasteiger partial charge in [-0.25, -0.2) is 13.1 Å². The predicted molar refractivity (Wildman–Crippen MR) is 87.0 cm³/mol. The maximum atomic E-state index is 12.3. The Morgan fingerprint density at radius 1 is 1.19 bits per heavy atom. The van der Waals surface area contributed by atoms with E-state index in [1.807, 2.05) is 43.6 Å². The Morgan fingerprint density at radius 3 is 2.48 bits per heavy atom. The lowest BCUT2D eigenvalue weighted by molar-refractivity contribution is 0.560. The third-order valence-corrected chi connectivity index (χ3v) is 5.56. The molecule has 0 spiro atoms. The van der Waals surface area contributed by atoms with Crippen LogP contribution < -0.4 is 10.0 Å². The summed E-state index contributed by atoms with van der Waals surface area (Å²) in [5, 5.41) is 5.03. The van der Waals surface area contributed by atoms with Gasteiger partial charge in [-0.15, -0.1) is 11.3 Å². The molecule has 1 aromatic carbocycles. The molecule has 1 heterocycles. The third kappa shape index (κ3) is 4.64. The summed E-state index contributed by atoms with van der Waals surface area (Å²) in [6, 6.07) is 10.8. The van der Waals surface area contributed by atoms with Crippen molar-refractivity contribution in [2.75, 3.05) is 7.05 Å². The van der Waals surface area contributed by atoms with Crippen LogP contribution in [0, 0.1) is 0 Å². The molecule has 2 N–H and O–H groups in total. The number of nitrogens with one attached hydrogen (secondary N) is 2. The van der Waals surface area contributed by atoms with Crippen LogP contribution in [0.25, 0.3) is 0 Å². The average molecular weight is 324 g/mol. The molecule has 0 saturated heterocycles. The summed E-state index contributed by atoms with van der Waals surface area (Å²) in [6.45, 7) is 2.61. The van der Waals surface area contributed by atoms with Crippen molar-refractivity contribution in [3.05, 3.63) is 52.2 Å². The maximum Gasteiger partial charge on any atom is 0.240 e. The highest BCUT2D eigenvalue weighted by atomic mass is 32.2. The first kappa shape index (κ1) is 16.2. The molecule has 0 amide bonds. The van der Waals surface area contributed by atoms with Gasteiger partial charge in [-0.1, -0.05) is 18.2 Å². The first-order chi connectivity index (χ1) is 10.0. The zero-order chi connectivity index (χ0) is 15.3. The van der Waals surface area contributed by atoms with Gasteiger partial charge in [0, 0.05) is 17.5 Å². The van der Waals surface area contributed by atoms with E-state index in [9.17, 15) is 8.42 Å². The minimum atomic E-state index is -3.46. The SMILES string of the molecule is CNCc1ccc(S(=O)(=O)NC(C)Cc2cccs2)cc1. The van der Waals surface area contributed by atoms with Crippen LogP contribution in [0.2, 0.25) is 0 Å². The molecule has 0 bridgehead atoms. The second kappa shape index (κ2) is 7.17. The van der Waals surface area contributed by atoms with E-state index in [0.29, 0.717) is 11.3 Å². The molecule has 1 unspecified atom stereocenters. The molecule has 114 valence electrons. The minimum Gasteiger partial charge on any atom is -0.316 e. The third-order valence-electron chi connectivity index (χ3n) is 3.06. The van der Waals surface area contributed by atoms with Crippen LogP contribution in [-0.4, -0.2) is 21.5 Å². The molecular weight excluding hydrogens is 304 g/mol. The van der Waals surface area contributed by atoms with E-state index in [4.69, 9.17) is 0 Å². The zero-order valence-corrected chi connectivity index (χ0v) is 13.8. The van der Waals surface area contributed by atoms with Gasteiger partial charge < -0.3 is 5.32 Å². The molecule has 1 aromatic heterocycles. The summed E-state index contributed by atoms with van der Waals surface area (Å²) in [6.07, 6.45) is 0.703. The lowest BCUT2D eigenvalue weighted by Crippen LogP contribution is -2.33. The lowest BCUT2D eigenvalue weighted by atomic mass is 10.2. The molecule has 0 saturated carbocycles. The van der Waals surface area contributed by atoms with Crippen LogP contribution in [0.3, 0.4) is 0 Å². The molecule has 0 aliphatic rings. The second-order valence-corrected chi connectivity index (χ2v) is 7.73. The standard InChI is InChI=1S/C15H20N2O2S2/c1-12(10-14-4-3-9-20-14)17-21(18,19)15-7-5-13(6-8-15)11-16-2/h3-9,12,16-17H,10-11H2,1-2H3. The normalized spacial score (nSPS) is 13.2. The quantitative estimate of drug-likeness (QED) is 0.822. The van der Waals surface area contributed by atoms with Gasteiger partial charge in [-0.05, 0) is 49.5 Å². The van der Waals surface area contributed by atoms with Crippen LogP contribution in [0.15, 0.2) is 46.7 Å². The topological polar surface area (TPSA) is 58.2 Å². The summed E-state index contributed by atoms with van der Waals surface area (Å²) >= 11 is 1.64. The number of thiophene rings is 1. The van der Waals surface area contributed by atoms with E-state index in [2.05, 4.69) is 10.0 Å². The van der Waals surface area contributed by atoms with Gasteiger partial charge in [0.25, 0.3) is 0 Å². The molecule has 0 radical (unpaired) electrons. The van der Waals surface area contributed by atoms with E-state index in [1.54, 1.807) is 23.5 Å². The molecule has 2 aromatic rings. The van der Waals surface area contributed by atoms with Crippen LogP contribution >= 0.6 is 11.3 Å². The minimum absolute atomic E-state index is 0.134. The van der Waals surface area contributed by atoms with E-state index in [-0.39, 0.29) is 6.04 Å².